The Morgan fingerprint density at radius 1 is 1.12 bits per heavy atom. The summed E-state index contributed by atoms with van der Waals surface area (Å²) in [5, 5.41) is 0. The smallest absolute Gasteiger partial charge is 0.230 e. The van der Waals surface area contributed by atoms with E-state index in [2.05, 4.69) is 0 Å². The van der Waals surface area contributed by atoms with Crippen molar-refractivity contribution >= 4 is 11.8 Å². The number of amides is 2. The van der Waals surface area contributed by atoms with Crippen LogP contribution in [0.5, 0.6) is 0 Å². The van der Waals surface area contributed by atoms with Gasteiger partial charge in [0.2, 0.25) is 11.8 Å². The van der Waals surface area contributed by atoms with Gasteiger partial charge in [0.15, 0.2) is 0 Å². The molecule has 17 heavy (non-hydrogen) atoms. The third-order valence-corrected chi connectivity index (χ3v) is 2.35. The molecule has 1 aromatic rings. The maximum absolute atomic E-state index is 10.9. The summed E-state index contributed by atoms with van der Waals surface area (Å²) in [7, 11) is 0. The maximum Gasteiger partial charge on any atom is 0.230 e. The Morgan fingerprint density at radius 3 is 2.24 bits per heavy atom. The van der Waals surface area contributed by atoms with Gasteiger partial charge in [0.25, 0.3) is 0 Å². The van der Waals surface area contributed by atoms with Crippen LogP contribution in [0.1, 0.15) is 12.0 Å². The van der Waals surface area contributed by atoms with Crippen molar-refractivity contribution in [2.24, 2.45) is 17.4 Å². The Hall–Kier alpha value is -1.88. The Balaban J connectivity index is 2.28. The van der Waals surface area contributed by atoms with E-state index in [0.29, 0.717) is 6.61 Å². The minimum absolute atomic E-state index is 0.220. The second kappa shape index (κ2) is 6.65. The first-order valence-electron chi connectivity index (χ1n) is 5.31. The number of nitrogens with two attached hydrogens (primary N) is 2. The minimum Gasteiger partial charge on any atom is -0.377 e. The molecule has 0 aromatic heterocycles. The van der Waals surface area contributed by atoms with Gasteiger partial charge in [-0.1, -0.05) is 30.3 Å². The molecule has 0 fully saturated rings. The van der Waals surface area contributed by atoms with Crippen molar-refractivity contribution in [1.29, 1.82) is 0 Å². The monoisotopic (exact) mass is 236 g/mol. The zero-order chi connectivity index (χ0) is 12.7. The fourth-order valence-corrected chi connectivity index (χ4v) is 1.39. The van der Waals surface area contributed by atoms with Gasteiger partial charge in [-0.15, -0.1) is 0 Å². The second-order valence-electron chi connectivity index (χ2n) is 3.68. The highest BCUT2D eigenvalue weighted by Gasteiger charge is 2.20. The summed E-state index contributed by atoms with van der Waals surface area (Å²) in [5.41, 5.74) is 11.1. The summed E-state index contributed by atoms with van der Waals surface area (Å²) in [4.78, 5) is 21.7. The lowest BCUT2D eigenvalue weighted by atomic mass is 10.1. The van der Waals surface area contributed by atoms with Gasteiger partial charge in [-0.05, 0) is 12.0 Å². The summed E-state index contributed by atoms with van der Waals surface area (Å²) < 4.78 is 5.33. The van der Waals surface area contributed by atoms with Crippen LogP contribution in [0.2, 0.25) is 0 Å². The molecule has 1 aromatic carbocycles. The zero-order valence-electron chi connectivity index (χ0n) is 9.46. The molecule has 0 aliphatic carbocycles. The zero-order valence-corrected chi connectivity index (χ0v) is 9.46. The molecule has 0 unspecified atom stereocenters. The van der Waals surface area contributed by atoms with Crippen LogP contribution in [-0.2, 0) is 20.9 Å². The number of benzene rings is 1. The van der Waals surface area contributed by atoms with Crippen LogP contribution < -0.4 is 11.5 Å². The van der Waals surface area contributed by atoms with E-state index >= 15 is 0 Å². The van der Waals surface area contributed by atoms with Gasteiger partial charge in [-0.25, -0.2) is 0 Å². The van der Waals surface area contributed by atoms with E-state index < -0.39 is 17.7 Å². The van der Waals surface area contributed by atoms with Crippen molar-refractivity contribution in [3.05, 3.63) is 35.9 Å². The molecule has 4 N–H and O–H groups in total. The number of hydrogen-bond donors (Lipinski definition) is 2. The van der Waals surface area contributed by atoms with E-state index in [4.69, 9.17) is 16.2 Å². The van der Waals surface area contributed by atoms with Crippen LogP contribution >= 0.6 is 0 Å². The normalized spacial score (nSPS) is 10.4. The van der Waals surface area contributed by atoms with Crippen molar-refractivity contribution in [1.82, 2.24) is 0 Å². The summed E-state index contributed by atoms with van der Waals surface area (Å²) in [6.07, 6.45) is 0.220. The number of ether oxygens (including phenoxy) is 1. The number of primary amides is 2. The molecular formula is C12H16N2O3. The standard InChI is InChI=1S/C12H16N2O3/c13-11(15)10(12(14)16)6-7-17-8-9-4-2-1-3-5-9/h1-5,10H,6-8H2,(H2,13,15)(H2,14,16). The van der Waals surface area contributed by atoms with E-state index in [1.165, 1.54) is 0 Å². The van der Waals surface area contributed by atoms with Gasteiger partial charge >= 0.3 is 0 Å². The molecule has 0 saturated carbocycles. The molecule has 0 aliphatic rings. The van der Waals surface area contributed by atoms with Crippen molar-refractivity contribution in [3.63, 3.8) is 0 Å². The minimum atomic E-state index is -0.953. The average molecular weight is 236 g/mol. The van der Waals surface area contributed by atoms with E-state index in [0.717, 1.165) is 5.56 Å². The van der Waals surface area contributed by atoms with E-state index in [-0.39, 0.29) is 13.0 Å². The van der Waals surface area contributed by atoms with Crippen LogP contribution in [-0.4, -0.2) is 18.4 Å². The quantitative estimate of drug-likeness (QED) is 0.522. The Labute approximate surface area is 99.7 Å². The summed E-state index contributed by atoms with van der Waals surface area (Å²) in [6.45, 7) is 0.705. The van der Waals surface area contributed by atoms with Crippen LogP contribution in [0.25, 0.3) is 0 Å². The molecule has 0 spiro atoms. The average Bonchev–Trinajstić information content (AvgIpc) is 2.29. The molecule has 1 rings (SSSR count). The molecule has 0 bridgehead atoms. The molecule has 0 atom stereocenters. The van der Waals surface area contributed by atoms with Gasteiger partial charge in [0.05, 0.1) is 6.61 Å². The van der Waals surface area contributed by atoms with Gasteiger partial charge in [0.1, 0.15) is 5.92 Å². The molecule has 0 saturated heterocycles. The van der Waals surface area contributed by atoms with Crippen LogP contribution in [0, 0.1) is 5.92 Å². The Morgan fingerprint density at radius 2 is 1.71 bits per heavy atom. The molecule has 5 nitrogen and oxygen atoms in total. The number of hydrogen-bond acceptors (Lipinski definition) is 3. The number of rotatable bonds is 7. The molecular weight excluding hydrogens is 220 g/mol. The second-order valence-corrected chi connectivity index (χ2v) is 3.68. The SMILES string of the molecule is NC(=O)C(CCOCc1ccccc1)C(N)=O. The molecule has 92 valence electrons. The molecule has 0 aliphatic heterocycles. The highest BCUT2D eigenvalue weighted by molar-refractivity contribution is 5.98. The topological polar surface area (TPSA) is 95.4 Å². The molecule has 5 heteroatoms. The Kier molecular flexibility index (Phi) is 5.16. The molecule has 0 radical (unpaired) electrons. The summed E-state index contributed by atoms with van der Waals surface area (Å²) >= 11 is 0. The fourth-order valence-electron chi connectivity index (χ4n) is 1.39. The Bertz CT molecular complexity index is 365. The third kappa shape index (κ3) is 4.65. The highest BCUT2D eigenvalue weighted by Crippen LogP contribution is 2.05. The molecule has 0 heterocycles. The first kappa shape index (κ1) is 13.2. The largest absolute Gasteiger partial charge is 0.377 e. The lowest BCUT2D eigenvalue weighted by molar-refractivity contribution is -0.132. The molecule has 2 amide bonds. The number of carbonyl (C=O) groups is 2. The maximum atomic E-state index is 10.9. The van der Waals surface area contributed by atoms with Gasteiger partial charge < -0.3 is 16.2 Å². The van der Waals surface area contributed by atoms with Gasteiger partial charge in [-0.2, -0.15) is 0 Å². The van der Waals surface area contributed by atoms with Crippen molar-refractivity contribution in [3.8, 4) is 0 Å². The van der Waals surface area contributed by atoms with E-state index in [1.807, 2.05) is 30.3 Å². The third-order valence-electron chi connectivity index (χ3n) is 2.35. The predicted octanol–water partition coefficient (Wildman–Crippen LogP) is 0.180. The van der Waals surface area contributed by atoms with Crippen LogP contribution in [0.15, 0.2) is 30.3 Å². The lowest BCUT2D eigenvalue weighted by Gasteiger charge is -2.09. The first-order valence-corrected chi connectivity index (χ1v) is 5.31. The summed E-state index contributed by atoms with van der Waals surface area (Å²) in [6, 6.07) is 9.60. The van der Waals surface area contributed by atoms with Crippen LogP contribution in [0.4, 0.5) is 0 Å². The van der Waals surface area contributed by atoms with Gasteiger partial charge in [-0.3, -0.25) is 9.59 Å². The van der Waals surface area contributed by atoms with Crippen molar-refractivity contribution < 1.29 is 14.3 Å². The predicted molar refractivity (Wildman–Crippen MR) is 62.6 cm³/mol. The van der Waals surface area contributed by atoms with E-state index in [9.17, 15) is 9.59 Å². The summed E-state index contributed by atoms with van der Waals surface area (Å²) in [5.74, 6) is -2.37. The number of carbonyl (C=O) groups excluding carboxylic acids is 2. The van der Waals surface area contributed by atoms with Crippen molar-refractivity contribution in [2.45, 2.75) is 13.0 Å². The van der Waals surface area contributed by atoms with Crippen LogP contribution in [0.3, 0.4) is 0 Å². The van der Waals surface area contributed by atoms with Crippen molar-refractivity contribution in [2.75, 3.05) is 6.61 Å². The van der Waals surface area contributed by atoms with E-state index in [1.54, 1.807) is 0 Å². The lowest BCUT2D eigenvalue weighted by Crippen LogP contribution is -2.35. The first-order chi connectivity index (χ1) is 8.11. The fraction of sp³-hybridized carbons (Fsp3) is 0.333. The highest BCUT2D eigenvalue weighted by atomic mass is 16.5. The van der Waals surface area contributed by atoms with Gasteiger partial charge in [0, 0.05) is 6.61 Å².